The molecule has 1 heterocycles. The van der Waals surface area contributed by atoms with E-state index in [-0.39, 0.29) is 38.8 Å². The van der Waals surface area contributed by atoms with Crippen LogP contribution in [0.15, 0.2) is 17.0 Å². The summed E-state index contributed by atoms with van der Waals surface area (Å²) in [6.07, 6.45) is 0.605. The molecule has 1 aliphatic heterocycles. The number of halogens is 3. The number of piperidine rings is 1. The molecular formula is C14H21Cl3N2O3S. The summed E-state index contributed by atoms with van der Waals surface area (Å²) in [5, 5.41) is 0.298. The van der Waals surface area contributed by atoms with Crippen LogP contribution in [0, 0.1) is 5.41 Å². The van der Waals surface area contributed by atoms with Gasteiger partial charge < -0.3 is 10.5 Å². The lowest BCUT2D eigenvalue weighted by molar-refractivity contribution is 0.155. The van der Waals surface area contributed by atoms with E-state index in [2.05, 4.69) is 0 Å². The van der Waals surface area contributed by atoms with Gasteiger partial charge in [-0.05, 0) is 17.9 Å². The molecule has 1 atom stereocenters. The highest BCUT2D eigenvalue weighted by Crippen LogP contribution is 2.37. The van der Waals surface area contributed by atoms with E-state index in [0.717, 1.165) is 0 Å². The average molecular weight is 404 g/mol. The molecule has 2 N–H and O–H groups in total. The third-order valence-electron chi connectivity index (χ3n) is 4.10. The van der Waals surface area contributed by atoms with Gasteiger partial charge in [0.15, 0.2) is 0 Å². The molecule has 1 unspecified atom stereocenters. The van der Waals surface area contributed by atoms with Crippen LogP contribution in [0.1, 0.15) is 20.3 Å². The van der Waals surface area contributed by atoms with Gasteiger partial charge in [-0.1, -0.05) is 37.0 Å². The number of nitrogens with zero attached hydrogens (tertiary/aromatic N) is 1. The van der Waals surface area contributed by atoms with Gasteiger partial charge in [0.2, 0.25) is 10.0 Å². The molecule has 0 aliphatic carbocycles. The molecule has 1 aliphatic rings. The van der Waals surface area contributed by atoms with Crippen LogP contribution < -0.4 is 10.5 Å². The first-order valence-corrected chi connectivity index (χ1v) is 9.08. The summed E-state index contributed by atoms with van der Waals surface area (Å²) in [5.74, 6) is 0.339. The minimum absolute atomic E-state index is 0. The van der Waals surface area contributed by atoms with Crippen molar-refractivity contribution < 1.29 is 13.2 Å². The highest BCUT2D eigenvalue weighted by atomic mass is 35.5. The highest BCUT2D eigenvalue weighted by molar-refractivity contribution is 7.89. The maximum Gasteiger partial charge on any atom is 0.244 e. The fraction of sp³-hybridized carbons (Fsp3) is 0.571. The molecule has 0 radical (unpaired) electrons. The van der Waals surface area contributed by atoms with E-state index >= 15 is 0 Å². The van der Waals surface area contributed by atoms with Crippen LogP contribution in [-0.4, -0.2) is 39.0 Å². The molecule has 132 valence electrons. The molecule has 9 heteroatoms. The maximum atomic E-state index is 12.9. The second-order valence-corrected chi connectivity index (χ2v) is 8.86. The molecule has 5 nitrogen and oxygen atoms in total. The van der Waals surface area contributed by atoms with E-state index in [0.29, 0.717) is 25.3 Å². The molecule has 1 fully saturated rings. The third kappa shape index (κ3) is 4.06. The summed E-state index contributed by atoms with van der Waals surface area (Å²) >= 11 is 12.2. The van der Waals surface area contributed by atoms with Crippen molar-refractivity contribution in [3.63, 3.8) is 0 Å². The van der Waals surface area contributed by atoms with Crippen molar-refractivity contribution in [2.24, 2.45) is 11.1 Å². The smallest absolute Gasteiger partial charge is 0.244 e. The normalized spacial score (nSPS) is 21.6. The van der Waals surface area contributed by atoms with Crippen LogP contribution in [0.25, 0.3) is 0 Å². The maximum absolute atomic E-state index is 12.9. The van der Waals surface area contributed by atoms with Crippen molar-refractivity contribution in [2.45, 2.75) is 31.2 Å². The zero-order valence-corrected chi connectivity index (χ0v) is 16.3. The Bertz CT molecular complexity index is 680. The van der Waals surface area contributed by atoms with Gasteiger partial charge in [-0.2, -0.15) is 4.31 Å². The first-order valence-electron chi connectivity index (χ1n) is 6.88. The van der Waals surface area contributed by atoms with Crippen LogP contribution in [0.3, 0.4) is 0 Å². The van der Waals surface area contributed by atoms with Gasteiger partial charge in [0, 0.05) is 25.2 Å². The predicted octanol–water partition coefficient (Wildman–Crippen LogP) is 3.17. The Morgan fingerprint density at radius 1 is 1.30 bits per heavy atom. The topological polar surface area (TPSA) is 72.6 Å². The zero-order valence-electron chi connectivity index (χ0n) is 13.2. The fourth-order valence-corrected chi connectivity index (χ4v) is 4.98. The van der Waals surface area contributed by atoms with Crippen LogP contribution in [0.2, 0.25) is 10.0 Å². The second kappa shape index (κ2) is 7.33. The van der Waals surface area contributed by atoms with Crippen molar-refractivity contribution in [1.82, 2.24) is 4.31 Å². The molecule has 2 rings (SSSR count). The zero-order chi connectivity index (χ0) is 16.7. The summed E-state index contributed by atoms with van der Waals surface area (Å²) in [5.41, 5.74) is 5.77. The number of sulfonamides is 1. The lowest BCUT2D eigenvalue weighted by Crippen LogP contribution is -2.53. The Morgan fingerprint density at radius 3 is 2.43 bits per heavy atom. The van der Waals surface area contributed by atoms with E-state index in [1.807, 2.05) is 13.8 Å². The monoisotopic (exact) mass is 402 g/mol. The number of ether oxygens (including phenoxy) is 1. The molecule has 0 amide bonds. The number of nitrogens with two attached hydrogens (primary N) is 1. The Balaban J connectivity index is 0.00000264. The molecule has 0 bridgehead atoms. The molecule has 1 aromatic carbocycles. The van der Waals surface area contributed by atoms with E-state index in [9.17, 15) is 8.42 Å². The predicted molar refractivity (Wildman–Crippen MR) is 95.4 cm³/mol. The molecular weight excluding hydrogens is 383 g/mol. The van der Waals surface area contributed by atoms with Gasteiger partial charge in [0.25, 0.3) is 0 Å². The number of hydrogen-bond donors (Lipinski definition) is 1. The minimum Gasteiger partial charge on any atom is -0.495 e. The minimum atomic E-state index is -3.73. The van der Waals surface area contributed by atoms with Gasteiger partial charge in [0.05, 0.1) is 17.2 Å². The highest BCUT2D eigenvalue weighted by Gasteiger charge is 2.39. The van der Waals surface area contributed by atoms with E-state index in [1.54, 1.807) is 0 Å². The summed E-state index contributed by atoms with van der Waals surface area (Å²) in [4.78, 5) is -0.00811. The molecule has 23 heavy (non-hydrogen) atoms. The van der Waals surface area contributed by atoms with Crippen molar-refractivity contribution in [3.05, 3.63) is 22.2 Å². The van der Waals surface area contributed by atoms with Crippen LogP contribution in [-0.2, 0) is 10.0 Å². The van der Waals surface area contributed by atoms with Gasteiger partial charge >= 0.3 is 0 Å². The van der Waals surface area contributed by atoms with Crippen LogP contribution in [0.5, 0.6) is 5.75 Å². The number of methoxy groups -OCH3 is 1. The summed E-state index contributed by atoms with van der Waals surface area (Å²) in [7, 11) is -2.28. The van der Waals surface area contributed by atoms with Gasteiger partial charge in [0.1, 0.15) is 10.6 Å². The standard InChI is InChI=1S/C14H20Cl2N2O3S.ClH/c1-14(2)8-18(5-4-13(14)17)22(19,20)12-7-9(15)11(21-3)6-10(12)16;/h6-7,13H,4-5,8,17H2,1-3H3;1H. The molecule has 1 aromatic rings. The van der Waals surface area contributed by atoms with E-state index < -0.39 is 10.0 Å². The van der Waals surface area contributed by atoms with Crippen LogP contribution >= 0.6 is 35.6 Å². The number of hydrogen-bond acceptors (Lipinski definition) is 4. The summed E-state index contributed by atoms with van der Waals surface area (Å²) in [6.45, 7) is 4.63. The second-order valence-electron chi connectivity index (χ2n) is 6.14. The van der Waals surface area contributed by atoms with Crippen molar-refractivity contribution >= 4 is 45.6 Å². The average Bonchev–Trinajstić information content (AvgIpc) is 2.43. The van der Waals surface area contributed by atoms with Crippen molar-refractivity contribution in [2.75, 3.05) is 20.2 Å². The molecule has 1 saturated heterocycles. The number of rotatable bonds is 3. The Kier molecular flexibility index (Phi) is 6.63. The van der Waals surface area contributed by atoms with Crippen molar-refractivity contribution in [1.29, 1.82) is 0 Å². The molecule has 0 aromatic heterocycles. The number of benzene rings is 1. The van der Waals surface area contributed by atoms with Gasteiger partial charge in [-0.3, -0.25) is 0 Å². The lowest BCUT2D eigenvalue weighted by Gasteiger charge is -2.41. The third-order valence-corrected chi connectivity index (χ3v) is 6.71. The SMILES string of the molecule is COc1cc(Cl)c(S(=O)(=O)N2CCC(N)C(C)(C)C2)cc1Cl.Cl. The quantitative estimate of drug-likeness (QED) is 0.841. The Labute approximate surface area is 153 Å². The molecule has 0 spiro atoms. The summed E-state index contributed by atoms with van der Waals surface area (Å²) in [6, 6.07) is 2.71. The first kappa shape index (κ1) is 20.8. The largest absolute Gasteiger partial charge is 0.495 e. The van der Waals surface area contributed by atoms with Crippen molar-refractivity contribution in [3.8, 4) is 5.75 Å². The Hall–Kier alpha value is -0.240. The van der Waals surface area contributed by atoms with Gasteiger partial charge in [-0.25, -0.2) is 8.42 Å². The first-order chi connectivity index (χ1) is 10.1. The summed E-state index contributed by atoms with van der Waals surface area (Å²) < 4.78 is 32.2. The molecule has 0 saturated carbocycles. The fourth-order valence-electron chi connectivity index (χ4n) is 2.53. The Morgan fingerprint density at radius 2 is 1.91 bits per heavy atom. The van der Waals surface area contributed by atoms with Crippen LogP contribution in [0.4, 0.5) is 0 Å². The van der Waals surface area contributed by atoms with E-state index in [1.165, 1.54) is 23.5 Å². The lowest BCUT2D eigenvalue weighted by atomic mass is 9.81. The van der Waals surface area contributed by atoms with Gasteiger partial charge in [-0.15, -0.1) is 12.4 Å². The van der Waals surface area contributed by atoms with E-state index in [4.69, 9.17) is 33.7 Å².